The summed E-state index contributed by atoms with van der Waals surface area (Å²) < 4.78 is 6.59. The summed E-state index contributed by atoms with van der Waals surface area (Å²) in [6, 6.07) is 57.8. The van der Waals surface area contributed by atoms with Crippen LogP contribution in [-0.2, 0) is 0 Å². The van der Waals surface area contributed by atoms with Crippen LogP contribution in [0.15, 0.2) is 168 Å². The van der Waals surface area contributed by atoms with Crippen molar-refractivity contribution in [2.45, 2.75) is 0 Å². The lowest BCUT2D eigenvalue weighted by molar-refractivity contribution is 0.673. The third kappa shape index (κ3) is 4.13. The topological polar surface area (TPSA) is 16.4 Å². The maximum Gasteiger partial charge on any atom is 0.143 e. The summed E-state index contributed by atoms with van der Waals surface area (Å²) in [7, 11) is 0. The fraction of sp³-hybridized carbons (Fsp3) is 0. The van der Waals surface area contributed by atoms with Gasteiger partial charge in [-0.1, -0.05) is 109 Å². The van der Waals surface area contributed by atoms with Crippen LogP contribution in [0.3, 0.4) is 0 Å². The van der Waals surface area contributed by atoms with Crippen LogP contribution in [0.4, 0.5) is 17.1 Å². The first-order chi connectivity index (χ1) is 20.8. The van der Waals surface area contributed by atoms with Crippen LogP contribution >= 0.6 is 0 Å². The Morgan fingerprint density at radius 3 is 1.57 bits per heavy atom. The smallest absolute Gasteiger partial charge is 0.143 e. The number of fused-ring (bicyclic) bond motifs is 5. The van der Waals surface area contributed by atoms with Gasteiger partial charge in [-0.25, -0.2) is 0 Å². The number of anilines is 3. The molecule has 0 aliphatic rings. The quantitative estimate of drug-likeness (QED) is 0.217. The zero-order valence-electron chi connectivity index (χ0n) is 22.9. The highest BCUT2D eigenvalue weighted by Gasteiger charge is 2.16. The van der Waals surface area contributed by atoms with Gasteiger partial charge in [0.1, 0.15) is 11.2 Å². The molecule has 7 aromatic carbocycles. The van der Waals surface area contributed by atoms with Crippen molar-refractivity contribution in [3.8, 4) is 22.3 Å². The van der Waals surface area contributed by atoms with E-state index in [1.54, 1.807) is 0 Å². The average molecular weight is 538 g/mol. The van der Waals surface area contributed by atoms with Gasteiger partial charge in [0.05, 0.1) is 0 Å². The van der Waals surface area contributed by atoms with Gasteiger partial charge < -0.3 is 9.32 Å². The van der Waals surface area contributed by atoms with E-state index in [1.807, 2.05) is 0 Å². The van der Waals surface area contributed by atoms with Crippen molar-refractivity contribution >= 4 is 49.8 Å². The van der Waals surface area contributed by atoms with Gasteiger partial charge in [0, 0.05) is 33.2 Å². The molecule has 2 nitrogen and oxygen atoms in total. The predicted molar refractivity (Wildman–Crippen MR) is 177 cm³/mol. The average Bonchev–Trinajstić information content (AvgIpc) is 3.44. The molecule has 1 aromatic heterocycles. The second-order valence-electron chi connectivity index (χ2n) is 10.6. The van der Waals surface area contributed by atoms with E-state index in [2.05, 4.69) is 169 Å². The molecule has 0 fully saturated rings. The Morgan fingerprint density at radius 2 is 0.905 bits per heavy atom. The van der Waals surface area contributed by atoms with E-state index in [9.17, 15) is 0 Å². The summed E-state index contributed by atoms with van der Waals surface area (Å²) in [4.78, 5) is 2.28. The second kappa shape index (κ2) is 10.1. The van der Waals surface area contributed by atoms with Crippen molar-refractivity contribution in [2.75, 3.05) is 4.90 Å². The van der Waals surface area contributed by atoms with E-state index in [0.29, 0.717) is 0 Å². The summed E-state index contributed by atoms with van der Waals surface area (Å²) in [5.74, 6) is 0. The Bertz CT molecular complexity index is 2120. The number of nitrogens with zero attached hydrogens (tertiary/aromatic N) is 1. The zero-order valence-corrected chi connectivity index (χ0v) is 22.9. The van der Waals surface area contributed by atoms with Crippen LogP contribution in [0.25, 0.3) is 55.0 Å². The largest absolute Gasteiger partial charge is 0.455 e. The molecule has 198 valence electrons. The van der Waals surface area contributed by atoms with Crippen LogP contribution in [0.5, 0.6) is 0 Å². The highest BCUT2D eigenvalue weighted by atomic mass is 16.3. The Labute approximate surface area is 244 Å². The van der Waals surface area contributed by atoms with Gasteiger partial charge in [0.2, 0.25) is 0 Å². The Kier molecular flexibility index (Phi) is 5.82. The molecule has 8 aromatic rings. The summed E-state index contributed by atoms with van der Waals surface area (Å²) in [5.41, 5.74) is 9.92. The van der Waals surface area contributed by atoms with Gasteiger partial charge in [-0.15, -0.1) is 0 Å². The highest BCUT2D eigenvalue weighted by molar-refractivity contribution is 6.19. The molecule has 0 aliphatic carbocycles. The van der Waals surface area contributed by atoms with Crippen molar-refractivity contribution in [1.29, 1.82) is 0 Å². The molecular weight excluding hydrogens is 510 g/mol. The normalized spacial score (nSPS) is 11.3. The molecule has 0 amide bonds. The van der Waals surface area contributed by atoms with Crippen molar-refractivity contribution < 1.29 is 4.42 Å². The van der Waals surface area contributed by atoms with Crippen LogP contribution < -0.4 is 4.90 Å². The second-order valence-corrected chi connectivity index (χ2v) is 10.6. The molecule has 42 heavy (non-hydrogen) atoms. The third-order valence-corrected chi connectivity index (χ3v) is 8.05. The SMILES string of the molecule is c1ccc(-c2cc3c4ccc(-c5ccc(N(c6ccccc6)c6ccccc6)cc5)cc4oc3c3ccccc23)cc1. The fourth-order valence-electron chi connectivity index (χ4n) is 6.04. The minimum atomic E-state index is 0.900. The molecule has 0 saturated carbocycles. The van der Waals surface area contributed by atoms with Crippen LogP contribution in [0, 0.1) is 0 Å². The van der Waals surface area contributed by atoms with E-state index >= 15 is 0 Å². The molecule has 2 heteroatoms. The molecule has 0 radical (unpaired) electrons. The van der Waals surface area contributed by atoms with Crippen LogP contribution in [0.1, 0.15) is 0 Å². The van der Waals surface area contributed by atoms with Gasteiger partial charge in [0.25, 0.3) is 0 Å². The molecule has 0 atom stereocenters. The summed E-state index contributed by atoms with van der Waals surface area (Å²) in [6.45, 7) is 0. The number of hydrogen-bond acceptors (Lipinski definition) is 2. The number of para-hydroxylation sites is 2. The molecular formula is C40H27NO. The van der Waals surface area contributed by atoms with Crippen molar-refractivity contribution in [3.63, 3.8) is 0 Å². The zero-order chi connectivity index (χ0) is 27.9. The molecule has 0 N–H and O–H groups in total. The first kappa shape index (κ1) is 24.2. The van der Waals surface area contributed by atoms with E-state index < -0.39 is 0 Å². The Morgan fingerprint density at radius 1 is 0.357 bits per heavy atom. The van der Waals surface area contributed by atoms with E-state index in [-0.39, 0.29) is 0 Å². The maximum atomic E-state index is 6.59. The van der Waals surface area contributed by atoms with Gasteiger partial charge in [0.15, 0.2) is 0 Å². The fourth-order valence-corrected chi connectivity index (χ4v) is 6.04. The van der Waals surface area contributed by atoms with E-state index in [1.165, 1.54) is 16.5 Å². The molecule has 0 saturated heterocycles. The highest BCUT2D eigenvalue weighted by Crippen LogP contribution is 2.41. The van der Waals surface area contributed by atoms with Gasteiger partial charge in [-0.2, -0.15) is 0 Å². The maximum absolute atomic E-state index is 6.59. The van der Waals surface area contributed by atoms with Crippen LogP contribution in [0.2, 0.25) is 0 Å². The van der Waals surface area contributed by atoms with Crippen molar-refractivity contribution in [1.82, 2.24) is 0 Å². The monoisotopic (exact) mass is 537 g/mol. The number of benzene rings is 7. The Hall–Kier alpha value is -5.60. The summed E-state index contributed by atoms with van der Waals surface area (Å²) in [5, 5.41) is 4.61. The molecule has 0 unspecified atom stereocenters. The first-order valence-electron chi connectivity index (χ1n) is 14.3. The number of furan rings is 1. The third-order valence-electron chi connectivity index (χ3n) is 8.05. The number of hydrogen-bond donors (Lipinski definition) is 0. The van der Waals surface area contributed by atoms with Crippen LogP contribution in [-0.4, -0.2) is 0 Å². The number of rotatable bonds is 5. The predicted octanol–water partition coefficient (Wildman–Crippen LogP) is 11.5. The molecule has 8 rings (SSSR count). The molecule has 0 aliphatic heterocycles. The van der Waals surface area contributed by atoms with E-state index in [0.717, 1.165) is 55.5 Å². The molecule has 0 spiro atoms. The van der Waals surface area contributed by atoms with Gasteiger partial charge in [-0.05, 0) is 82.2 Å². The first-order valence-corrected chi connectivity index (χ1v) is 14.3. The lowest BCUT2D eigenvalue weighted by atomic mass is 9.95. The minimum Gasteiger partial charge on any atom is -0.455 e. The minimum absolute atomic E-state index is 0.900. The lowest BCUT2D eigenvalue weighted by Gasteiger charge is -2.25. The van der Waals surface area contributed by atoms with Gasteiger partial charge >= 0.3 is 0 Å². The molecule has 1 heterocycles. The van der Waals surface area contributed by atoms with Crippen molar-refractivity contribution in [2.24, 2.45) is 0 Å². The Balaban J connectivity index is 1.22. The summed E-state index contributed by atoms with van der Waals surface area (Å²) in [6.07, 6.45) is 0. The summed E-state index contributed by atoms with van der Waals surface area (Å²) >= 11 is 0. The van der Waals surface area contributed by atoms with E-state index in [4.69, 9.17) is 4.42 Å². The van der Waals surface area contributed by atoms with Gasteiger partial charge in [-0.3, -0.25) is 0 Å². The molecule has 0 bridgehead atoms. The van der Waals surface area contributed by atoms with Crippen molar-refractivity contribution in [3.05, 3.63) is 164 Å². The lowest BCUT2D eigenvalue weighted by Crippen LogP contribution is -2.09. The standard InChI is InChI=1S/C40H27NO/c1-4-12-29(13-5-1)37-27-38-35-25-22-30(26-39(35)42-40(38)36-19-11-10-18-34(36)37)28-20-23-33(24-21-28)41(31-14-6-2-7-15-31)32-16-8-3-9-17-32/h1-27H.